The van der Waals surface area contributed by atoms with Crippen molar-refractivity contribution in [2.75, 3.05) is 0 Å². The van der Waals surface area contributed by atoms with Gasteiger partial charge in [0.1, 0.15) is 0 Å². The van der Waals surface area contributed by atoms with Gasteiger partial charge < -0.3 is 5.11 Å². The molecule has 0 saturated heterocycles. The minimum Gasteiger partial charge on any atom is -0.393 e. The lowest BCUT2D eigenvalue weighted by Crippen LogP contribution is -2.50. The minimum atomic E-state index is -0.0554. The van der Waals surface area contributed by atoms with Gasteiger partial charge in [0.15, 0.2) is 0 Å². The lowest BCUT2D eigenvalue weighted by atomic mass is 9.48. The third-order valence-corrected chi connectivity index (χ3v) is 8.37. The zero-order chi connectivity index (χ0) is 14.8. The van der Waals surface area contributed by atoms with Crippen molar-refractivity contribution >= 4 is 11.6 Å². The zero-order valence-corrected chi connectivity index (χ0v) is 14.2. The third kappa shape index (κ3) is 1.92. The highest BCUT2D eigenvalue weighted by molar-refractivity contribution is 6.20. The molecule has 7 atom stereocenters. The lowest BCUT2D eigenvalue weighted by Gasteiger charge is -2.57. The van der Waals surface area contributed by atoms with Crippen molar-refractivity contribution in [3.8, 4) is 0 Å². The summed E-state index contributed by atoms with van der Waals surface area (Å²) in [7, 11) is 0. The Morgan fingerprint density at radius 2 is 1.90 bits per heavy atom. The Bertz CT molecular complexity index is 472. The maximum Gasteiger partial charge on any atom is 0.0596 e. The van der Waals surface area contributed by atoms with Crippen LogP contribution in [0, 0.1) is 28.6 Å². The van der Waals surface area contributed by atoms with Crippen LogP contribution in [0.15, 0.2) is 11.6 Å². The van der Waals surface area contributed by atoms with E-state index in [0.29, 0.717) is 10.8 Å². The predicted octanol–water partition coefficient (Wildman–Crippen LogP) is 4.92. The number of allylic oxidation sites excluding steroid dienone is 2. The molecule has 0 aromatic carbocycles. The number of alkyl halides is 1. The van der Waals surface area contributed by atoms with Crippen LogP contribution in [0.4, 0.5) is 0 Å². The van der Waals surface area contributed by atoms with E-state index in [0.717, 1.165) is 30.6 Å². The fraction of sp³-hybridized carbons (Fsp3) is 0.895. The first-order chi connectivity index (χ1) is 9.95. The molecule has 0 bridgehead atoms. The molecular formula is C19H29ClO. The van der Waals surface area contributed by atoms with Gasteiger partial charge in [-0.05, 0) is 80.0 Å². The molecule has 0 aromatic heterocycles. The largest absolute Gasteiger partial charge is 0.393 e. The van der Waals surface area contributed by atoms with Crippen LogP contribution in [-0.4, -0.2) is 16.6 Å². The van der Waals surface area contributed by atoms with E-state index in [9.17, 15) is 5.11 Å². The second-order valence-corrected chi connectivity index (χ2v) is 9.35. The topological polar surface area (TPSA) is 20.2 Å². The van der Waals surface area contributed by atoms with E-state index in [1.54, 1.807) is 5.57 Å². The second kappa shape index (κ2) is 4.74. The number of hydrogen-bond acceptors (Lipinski definition) is 1. The fourth-order valence-electron chi connectivity index (χ4n) is 6.59. The first kappa shape index (κ1) is 14.6. The van der Waals surface area contributed by atoms with Gasteiger partial charge in [0.2, 0.25) is 0 Å². The predicted molar refractivity (Wildman–Crippen MR) is 87.4 cm³/mol. The summed E-state index contributed by atoms with van der Waals surface area (Å²) < 4.78 is 0. The van der Waals surface area contributed by atoms with Crippen molar-refractivity contribution in [2.24, 2.45) is 28.6 Å². The van der Waals surface area contributed by atoms with E-state index >= 15 is 0 Å². The molecule has 3 saturated carbocycles. The summed E-state index contributed by atoms with van der Waals surface area (Å²) in [6, 6.07) is 0. The van der Waals surface area contributed by atoms with Crippen molar-refractivity contribution < 1.29 is 5.11 Å². The summed E-state index contributed by atoms with van der Waals surface area (Å²) in [6.07, 6.45) is 12.1. The summed E-state index contributed by atoms with van der Waals surface area (Å²) in [5, 5.41) is 10.8. The molecule has 4 aliphatic carbocycles. The summed E-state index contributed by atoms with van der Waals surface area (Å²) in [6.45, 7) is 4.88. The first-order valence-corrected chi connectivity index (χ1v) is 9.40. The van der Waals surface area contributed by atoms with Crippen LogP contribution in [0.25, 0.3) is 0 Å². The SMILES string of the molecule is C[C@]12CC[C@H]3[C@@H](CC=C4C[C@@H](Cl)CC[C@@]43C)[C@@H]1CC[C@H]2O. The number of hydrogen-bond donors (Lipinski definition) is 1. The molecule has 2 heteroatoms. The van der Waals surface area contributed by atoms with E-state index in [4.69, 9.17) is 11.6 Å². The Labute approximate surface area is 134 Å². The fourth-order valence-corrected chi connectivity index (χ4v) is 6.86. The lowest BCUT2D eigenvalue weighted by molar-refractivity contribution is -0.0659. The van der Waals surface area contributed by atoms with Crippen LogP contribution in [0.1, 0.15) is 65.2 Å². The molecule has 3 fully saturated rings. The van der Waals surface area contributed by atoms with Crippen molar-refractivity contribution in [3.05, 3.63) is 11.6 Å². The van der Waals surface area contributed by atoms with Crippen LogP contribution >= 0.6 is 11.6 Å². The Morgan fingerprint density at radius 1 is 1.10 bits per heavy atom. The molecule has 4 aliphatic rings. The Morgan fingerprint density at radius 3 is 2.71 bits per heavy atom. The van der Waals surface area contributed by atoms with Crippen LogP contribution < -0.4 is 0 Å². The minimum absolute atomic E-state index is 0.0554. The second-order valence-electron chi connectivity index (χ2n) is 8.74. The van der Waals surface area contributed by atoms with E-state index < -0.39 is 0 Å². The van der Waals surface area contributed by atoms with Crippen molar-refractivity contribution in [3.63, 3.8) is 0 Å². The van der Waals surface area contributed by atoms with Gasteiger partial charge in [0.25, 0.3) is 0 Å². The first-order valence-electron chi connectivity index (χ1n) is 8.97. The highest BCUT2D eigenvalue weighted by Gasteiger charge is 2.58. The molecule has 21 heavy (non-hydrogen) atoms. The zero-order valence-electron chi connectivity index (χ0n) is 13.4. The van der Waals surface area contributed by atoms with Gasteiger partial charge in [0.05, 0.1) is 6.10 Å². The van der Waals surface area contributed by atoms with Crippen molar-refractivity contribution in [1.29, 1.82) is 0 Å². The number of halogens is 1. The van der Waals surface area contributed by atoms with Gasteiger partial charge in [-0.3, -0.25) is 0 Å². The molecule has 4 rings (SSSR count). The molecule has 1 N–H and O–H groups in total. The molecule has 0 amide bonds. The van der Waals surface area contributed by atoms with Gasteiger partial charge in [-0.15, -0.1) is 11.6 Å². The van der Waals surface area contributed by atoms with Gasteiger partial charge in [-0.25, -0.2) is 0 Å². The molecule has 0 aliphatic heterocycles. The molecular weight excluding hydrogens is 280 g/mol. The highest BCUT2D eigenvalue weighted by atomic mass is 35.5. The van der Waals surface area contributed by atoms with Gasteiger partial charge in [-0.2, -0.15) is 0 Å². The smallest absolute Gasteiger partial charge is 0.0596 e. The summed E-state index contributed by atoms with van der Waals surface area (Å²) >= 11 is 6.43. The number of fused-ring (bicyclic) bond motifs is 5. The molecule has 0 unspecified atom stereocenters. The standard InChI is InChI=1S/C19H29ClO/c1-18-9-7-13(20)11-12(18)3-4-14-15-5-6-17(21)19(15,2)10-8-16(14)18/h3,13-17,21H,4-11H2,1-2H3/t13-,14-,15-,16-,17+,18-,19-/m0/s1. The monoisotopic (exact) mass is 308 g/mol. The highest BCUT2D eigenvalue weighted by Crippen LogP contribution is 2.64. The normalized spacial score (nSPS) is 56.2. The van der Waals surface area contributed by atoms with Gasteiger partial charge in [0, 0.05) is 5.38 Å². The third-order valence-electron chi connectivity index (χ3n) is 7.99. The van der Waals surface area contributed by atoms with Gasteiger partial charge >= 0.3 is 0 Å². The van der Waals surface area contributed by atoms with Gasteiger partial charge in [-0.1, -0.05) is 25.5 Å². The summed E-state index contributed by atoms with van der Waals surface area (Å²) in [5.74, 6) is 2.39. The number of rotatable bonds is 0. The molecule has 0 spiro atoms. The molecule has 0 radical (unpaired) electrons. The molecule has 1 nitrogen and oxygen atoms in total. The average Bonchev–Trinajstić information content (AvgIpc) is 2.76. The quantitative estimate of drug-likeness (QED) is 0.497. The Kier molecular flexibility index (Phi) is 3.29. The Balaban J connectivity index is 1.68. The maximum absolute atomic E-state index is 10.5. The Hall–Kier alpha value is -0.0100. The molecule has 118 valence electrons. The van der Waals surface area contributed by atoms with Crippen LogP contribution in [-0.2, 0) is 0 Å². The van der Waals surface area contributed by atoms with E-state index in [1.807, 2.05) is 0 Å². The van der Waals surface area contributed by atoms with E-state index in [1.165, 1.54) is 38.5 Å². The number of aliphatic hydroxyl groups excluding tert-OH is 1. The van der Waals surface area contributed by atoms with Crippen LogP contribution in [0.5, 0.6) is 0 Å². The van der Waals surface area contributed by atoms with Crippen LogP contribution in [0.2, 0.25) is 0 Å². The average molecular weight is 309 g/mol. The van der Waals surface area contributed by atoms with E-state index in [-0.39, 0.29) is 11.5 Å². The molecule has 0 aromatic rings. The maximum atomic E-state index is 10.5. The summed E-state index contributed by atoms with van der Waals surface area (Å²) in [4.78, 5) is 0. The number of aliphatic hydroxyl groups is 1. The van der Waals surface area contributed by atoms with Crippen LogP contribution in [0.3, 0.4) is 0 Å². The van der Waals surface area contributed by atoms with E-state index in [2.05, 4.69) is 19.9 Å². The van der Waals surface area contributed by atoms with Crippen molar-refractivity contribution in [2.45, 2.75) is 76.7 Å². The summed E-state index contributed by atoms with van der Waals surface area (Å²) in [5.41, 5.74) is 2.27. The van der Waals surface area contributed by atoms with Crippen molar-refractivity contribution in [1.82, 2.24) is 0 Å². The molecule has 0 heterocycles.